The van der Waals surface area contributed by atoms with Crippen LogP contribution < -0.4 is 0 Å². The maximum absolute atomic E-state index is 14.2. The van der Waals surface area contributed by atoms with Gasteiger partial charge >= 0.3 is 5.97 Å². The standard InChI is InChI=1S/C37H46N2O4S/c1-3-5-6-7-14-20-35-39(32(15-4-2)30-21-23-31(24-22-30)37(42)43)36(41)33(44-35)25-34(40)38(26-28-16-10-8-11-17-28)27-29-18-12-9-13-19-29/h8-13,16-19,21-24,32-33,35H,3-7,14-15,20,25-27H2,1-2H3,(H,42,43). The third-order valence-corrected chi connectivity index (χ3v) is 9.78. The summed E-state index contributed by atoms with van der Waals surface area (Å²) in [5, 5.41) is 8.95. The third kappa shape index (κ3) is 9.21. The number of hydrogen-bond acceptors (Lipinski definition) is 4. The van der Waals surface area contributed by atoms with Crippen LogP contribution in [0.2, 0.25) is 0 Å². The number of amides is 2. The Morgan fingerprint density at radius 3 is 1.95 bits per heavy atom. The van der Waals surface area contributed by atoms with Gasteiger partial charge in [0, 0.05) is 19.5 Å². The van der Waals surface area contributed by atoms with Crippen LogP contribution in [0.15, 0.2) is 84.9 Å². The van der Waals surface area contributed by atoms with E-state index in [-0.39, 0.29) is 35.2 Å². The molecule has 1 fully saturated rings. The number of thioether (sulfide) groups is 1. The van der Waals surface area contributed by atoms with Crippen LogP contribution in [0.1, 0.15) is 105 Å². The van der Waals surface area contributed by atoms with Crippen molar-refractivity contribution >= 4 is 29.5 Å². The van der Waals surface area contributed by atoms with E-state index in [1.807, 2.05) is 82.6 Å². The molecule has 0 aliphatic carbocycles. The summed E-state index contributed by atoms with van der Waals surface area (Å²) < 4.78 is 0. The highest BCUT2D eigenvalue weighted by atomic mass is 32.2. The maximum Gasteiger partial charge on any atom is 0.335 e. The van der Waals surface area contributed by atoms with E-state index in [1.165, 1.54) is 19.3 Å². The second-order valence-electron chi connectivity index (χ2n) is 11.7. The second-order valence-corrected chi connectivity index (χ2v) is 13.1. The van der Waals surface area contributed by atoms with Gasteiger partial charge in [-0.05, 0) is 41.7 Å². The minimum Gasteiger partial charge on any atom is -0.478 e. The first-order chi connectivity index (χ1) is 21.4. The van der Waals surface area contributed by atoms with Gasteiger partial charge in [-0.25, -0.2) is 4.79 Å². The van der Waals surface area contributed by atoms with E-state index in [0.717, 1.165) is 48.8 Å². The van der Waals surface area contributed by atoms with E-state index in [0.29, 0.717) is 13.1 Å². The Bertz CT molecular complexity index is 1290. The Kier molecular flexibility index (Phi) is 12.9. The summed E-state index contributed by atoms with van der Waals surface area (Å²) in [6, 6.07) is 26.8. The SMILES string of the molecule is CCCCCCCC1SC(CC(=O)N(Cc2ccccc2)Cc2ccccc2)C(=O)N1C(CCC)c1ccc(C(=O)O)cc1. The molecular formula is C37H46N2O4S. The molecule has 2 amide bonds. The Balaban J connectivity index is 1.56. The number of carboxylic acid groups (broad SMARTS) is 1. The fraction of sp³-hybridized carbons (Fsp3) is 0.432. The van der Waals surface area contributed by atoms with Crippen LogP contribution in [0.3, 0.4) is 0 Å². The number of unbranched alkanes of at least 4 members (excludes halogenated alkanes) is 4. The van der Waals surface area contributed by atoms with Crippen LogP contribution >= 0.6 is 11.8 Å². The molecule has 0 radical (unpaired) electrons. The molecule has 44 heavy (non-hydrogen) atoms. The van der Waals surface area contributed by atoms with Gasteiger partial charge in [0.15, 0.2) is 0 Å². The molecule has 1 aliphatic rings. The average molecular weight is 615 g/mol. The molecule has 0 aromatic heterocycles. The number of aromatic carboxylic acids is 1. The van der Waals surface area contributed by atoms with Gasteiger partial charge in [0.25, 0.3) is 0 Å². The van der Waals surface area contributed by atoms with Crippen LogP contribution in [0, 0.1) is 0 Å². The van der Waals surface area contributed by atoms with Crippen LogP contribution in [-0.2, 0) is 22.7 Å². The van der Waals surface area contributed by atoms with Crippen molar-refractivity contribution < 1.29 is 19.5 Å². The highest BCUT2D eigenvalue weighted by Crippen LogP contribution is 2.43. The fourth-order valence-electron chi connectivity index (χ4n) is 5.96. The zero-order valence-electron chi connectivity index (χ0n) is 26.1. The molecule has 3 unspecified atom stereocenters. The molecule has 3 aromatic carbocycles. The molecular weight excluding hydrogens is 568 g/mol. The van der Waals surface area contributed by atoms with Crippen LogP contribution in [0.4, 0.5) is 0 Å². The largest absolute Gasteiger partial charge is 0.478 e. The van der Waals surface area contributed by atoms with Crippen molar-refractivity contribution in [1.82, 2.24) is 9.80 Å². The molecule has 3 aromatic rings. The first-order valence-corrected chi connectivity index (χ1v) is 17.0. The summed E-state index contributed by atoms with van der Waals surface area (Å²) in [5.74, 6) is -0.970. The van der Waals surface area contributed by atoms with Gasteiger partial charge < -0.3 is 14.9 Å². The lowest BCUT2D eigenvalue weighted by atomic mass is 9.98. The molecule has 1 N–H and O–H groups in total. The van der Waals surface area contributed by atoms with Gasteiger partial charge in [-0.3, -0.25) is 9.59 Å². The van der Waals surface area contributed by atoms with Gasteiger partial charge in [0.05, 0.1) is 22.2 Å². The second kappa shape index (κ2) is 17.0. The number of hydrogen-bond donors (Lipinski definition) is 1. The Labute approximate surface area is 266 Å². The van der Waals surface area contributed by atoms with E-state index in [1.54, 1.807) is 23.9 Å². The number of carbonyl (C=O) groups is 3. The summed E-state index contributed by atoms with van der Waals surface area (Å²) in [5.41, 5.74) is 3.30. The number of rotatable bonds is 17. The zero-order chi connectivity index (χ0) is 31.3. The van der Waals surface area contributed by atoms with Crippen LogP contribution in [-0.4, -0.2) is 43.3 Å². The molecule has 0 saturated carbocycles. The molecule has 1 heterocycles. The smallest absolute Gasteiger partial charge is 0.335 e. The first-order valence-electron chi connectivity index (χ1n) is 16.1. The van der Waals surface area contributed by atoms with Crippen LogP contribution in [0.25, 0.3) is 0 Å². The molecule has 7 heteroatoms. The van der Waals surface area contributed by atoms with Gasteiger partial charge in [0.1, 0.15) is 0 Å². The van der Waals surface area contributed by atoms with E-state index in [2.05, 4.69) is 13.8 Å². The van der Waals surface area contributed by atoms with Crippen molar-refractivity contribution in [2.75, 3.05) is 0 Å². The van der Waals surface area contributed by atoms with E-state index in [9.17, 15) is 19.5 Å². The van der Waals surface area contributed by atoms with Crippen molar-refractivity contribution in [1.29, 1.82) is 0 Å². The van der Waals surface area contributed by atoms with Crippen LogP contribution in [0.5, 0.6) is 0 Å². The molecule has 3 atom stereocenters. The predicted molar refractivity (Wildman–Crippen MR) is 178 cm³/mol. The normalized spacial score (nSPS) is 17.0. The summed E-state index contributed by atoms with van der Waals surface area (Å²) in [6.07, 6.45) is 8.45. The van der Waals surface area contributed by atoms with Gasteiger partial charge in [-0.15, -0.1) is 11.8 Å². The maximum atomic E-state index is 14.2. The Morgan fingerprint density at radius 1 is 0.818 bits per heavy atom. The lowest BCUT2D eigenvalue weighted by Crippen LogP contribution is -2.39. The molecule has 1 aliphatic heterocycles. The molecule has 0 spiro atoms. The van der Waals surface area contributed by atoms with Crippen molar-refractivity contribution in [3.8, 4) is 0 Å². The summed E-state index contributed by atoms with van der Waals surface area (Å²) in [7, 11) is 0. The molecule has 234 valence electrons. The topological polar surface area (TPSA) is 77.9 Å². The van der Waals surface area contributed by atoms with E-state index in [4.69, 9.17) is 0 Å². The Hall–Kier alpha value is -3.58. The highest BCUT2D eigenvalue weighted by molar-refractivity contribution is 8.01. The Morgan fingerprint density at radius 2 is 1.41 bits per heavy atom. The molecule has 4 rings (SSSR count). The highest BCUT2D eigenvalue weighted by Gasteiger charge is 2.44. The number of carboxylic acids is 1. The number of benzene rings is 3. The quantitative estimate of drug-likeness (QED) is 0.154. The molecule has 1 saturated heterocycles. The van der Waals surface area contributed by atoms with Gasteiger partial charge in [-0.1, -0.05) is 125 Å². The zero-order valence-corrected chi connectivity index (χ0v) is 26.9. The van der Waals surface area contributed by atoms with Crippen molar-refractivity contribution in [2.45, 2.75) is 101 Å². The van der Waals surface area contributed by atoms with Crippen molar-refractivity contribution in [3.63, 3.8) is 0 Å². The van der Waals surface area contributed by atoms with E-state index < -0.39 is 11.2 Å². The minimum absolute atomic E-state index is 0.0158. The number of nitrogens with zero attached hydrogens (tertiary/aromatic N) is 2. The predicted octanol–water partition coefficient (Wildman–Crippen LogP) is 8.48. The number of carbonyl (C=O) groups excluding carboxylic acids is 2. The van der Waals surface area contributed by atoms with Crippen molar-refractivity contribution in [2.24, 2.45) is 0 Å². The first kappa shape index (κ1) is 33.3. The summed E-state index contributed by atoms with van der Waals surface area (Å²) in [6.45, 7) is 5.29. The van der Waals surface area contributed by atoms with E-state index >= 15 is 0 Å². The summed E-state index contributed by atoms with van der Waals surface area (Å²) in [4.78, 5) is 43.6. The van der Waals surface area contributed by atoms with Crippen molar-refractivity contribution in [3.05, 3.63) is 107 Å². The van der Waals surface area contributed by atoms with Gasteiger partial charge in [-0.2, -0.15) is 0 Å². The third-order valence-electron chi connectivity index (χ3n) is 8.30. The minimum atomic E-state index is -0.963. The van der Waals surface area contributed by atoms with Gasteiger partial charge in [0.2, 0.25) is 11.8 Å². The average Bonchev–Trinajstić information content (AvgIpc) is 3.34. The fourth-order valence-corrected chi connectivity index (χ4v) is 7.50. The summed E-state index contributed by atoms with van der Waals surface area (Å²) >= 11 is 1.64. The lowest BCUT2D eigenvalue weighted by Gasteiger charge is -2.33. The lowest BCUT2D eigenvalue weighted by molar-refractivity contribution is -0.138. The monoisotopic (exact) mass is 614 g/mol. The molecule has 6 nitrogen and oxygen atoms in total. The molecule has 0 bridgehead atoms.